The minimum atomic E-state index is -3.64. The molecule has 2 N–H and O–H groups in total. The van der Waals surface area contributed by atoms with E-state index in [2.05, 4.69) is 20.6 Å². The number of nitrogens with one attached hydrogen (secondary N) is 2. The van der Waals surface area contributed by atoms with E-state index in [1.54, 1.807) is 29.2 Å². The van der Waals surface area contributed by atoms with E-state index < -0.39 is 9.84 Å². The van der Waals surface area contributed by atoms with Crippen LogP contribution in [0.25, 0.3) is 10.4 Å². The molecule has 1 unspecified atom stereocenters. The van der Waals surface area contributed by atoms with E-state index in [0.717, 1.165) is 35.2 Å². The van der Waals surface area contributed by atoms with Gasteiger partial charge in [-0.2, -0.15) is 0 Å². The summed E-state index contributed by atoms with van der Waals surface area (Å²) < 4.78 is 25.5. The lowest BCUT2D eigenvalue weighted by Gasteiger charge is -2.24. The lowest BCUT2D eigenvalue weighted by atomic mass is 10.0. The Hall–Kier alpha value is -3.31. The number of carbonyl (C=O) groups excluding carboxylic acids is 2. The average Bonchev–Trinajstić information content (AvgIpc) is 3.51. The molecular weight excluding hydrogens is 498 g/mol. The number of aryl methyl sites for hydroxylation is 1. The number of hydrogen-bond donors (Lipinski definition) is 2. The van der Waals surface area contributed by atoms with Crippen LogP contribution in [0.15, 0.2) is 35.2 Å². The first-order chi connectivity index (χ1) is 17.0. The molecule has 36 heavy (non-hydrogen) atoms. The molecule has 1 aromatic carbocycles. The van der Waals surface area contributed by atoms with Crippen LogP contribution in [0.5, 0.6) is 0 Å². The second kappa shape index (κ2) is 8.97. The van der Waals surface area contributed by atoms with Gasteiger partial charge in [-0.1, -0.05) is 17.4 Å². The van der Waals surface area contributed by atoms with Gasteiger partial charge in [0.25, 0.3) is 5.91 Å². The molecular formula is C25H27N5O4S2. The first kappa shape index (κ1) is 24.4. The molecule has 3 heterocycles. The molecule has 0 radical (unpaired) electrons. The van der Waals surface area contributed by atoms with Gasteiger partial charge < -0.3 is 15.5 Å². The molecule has 0 spiro atoms. The van der Waals surface area contributed by atoms with Gasteiger partial charge >= 0.3 is 0 Å². The Morgan fingerprint density at radius 3 is 2.58 bits per heavy atom. The highest BCUT2D eigenvalue weighted by atomic mass is 32.2. The third-order valence-corrected chi connectivity index (χ3v) is 8.78. The summed E-state index contributed by atoms with van der Waals surface area (Å²) in [7, 11) is -3.64. The number of benzene rings is 1. The van der Waals surface area contributed by atoms with Crippen LogP contribution in [0.2, 0.25) is 0 Å². The second-order valence-electron chi connectivity index (χ2n) is 9.44. The molecule has 11 heteroatoms. The number of sulfone groups is 1. The van der Waals surface area contributed by atoms with E-state index in [0.29, 0.717) is 40.4 Å². The number of anilines is 3. The van der Waals surface area contributed by atoms with E-state index in [4.69, 9.17) is 0 Å². The van der Waals surface area contributed by atoms with E-state index >= 15 is 0 Å². The van der Waals surface area contributed by atoms with Gasteiger partial charge in [0.2, 0.25) is 5.91 Å². The van der Waals surface area contributed by atoms with Crippen molar-refractivity contribution >= 4 is 49.8 Å². The summed E-state index contributed by atoms with van der Waals surface area (Å²) in [5, 5.41) is 6.39. The zero-order valence-corrected chi connectivity index (χ0v) is 22.1. The number of fused-ring (bicyclic) bond motifs is 1. The maximum Gasteiger partial charge on any atom is 0.256 e. The van der Waals surface area contributed by atoms with Crippen molar-refractivity contribution < 1.29 is 18.0 Å². The number of carbonyl (C=O) groups is 2. The predicted molar refractivity (Wildman–Crippen MR) is 139 cm³/mol. The van der Waals surface area contributed by atoms with Gasteiger partial charge in [0, 0.05) is 25.8 Å². The molecule has 5 rings (SSSR count). The quantitative estimate of drug-likeness (QED) is 0.470. The topological polar surface area (TPSA) is 121 Å². The number of hydrogen-bond acceptors (Lipinski definition) is 8. The van der Waals surface area contributed by atoms with E-state index in [9.17, 15) is 18.0 Å². The number of nitrogens with zero attached hydrogens (tertiary/aromatic N) is 3. The number of rotatable bonds is 7. The zero-order valence-electron chi connectivity index (χ0n) is 20.5. The van der Waals surface area contributed by atoms with Gasteiger partial charge in [-0.3, -0.25) is 9.59 Å². The molecule has 188 valence electrons. The van der Waals surface area contributed by atoms with Gasteiger partial charge in [-0.25, -0.2) is 18.4 Å². The Balaban J connectivity index is 1.49. The van der Waals surface area contributed by atoms with Crippen molar-refractivity contribution in [2.24, 2.45) is 5.92 Å². The molecule has 2 amide bonds. The first-order valence-corrected chi connectivity index (χ1v) is 14.4. The highest BCUT2D eigenvalue weighted by Gasteiger charge is 2.41. The fourth-order valence-electron chi connectivity index (χ4n) is 4.61. The van der Waals surface area contributed by atoms with Gasteiger partial charge in [0.05, 0.1) is 21.0 Å². The SMILES string of the molecule is CC(=O)Nc1cccc(Nc2nc(C)c(-c3cc4c(c(S(C)(=O)=O)c3)C(=O)N(C(C)C3CC3)C4)s2)n1. The Bertz CT molecular complexity index is 1490. The normalized spacial score (nSPS) is 16.1. The largest absolute Gasteiger partial charge is 0.331 e. The van der Waals surface area contributed by atoms with Gasteiger partial charge in [0.1, 0.15) is 11.6 Å². The maximum atomic E-state index is 13.3. The van der Waals surface area contributed by atoms with Crippen LogP contribution in [-0.4, -0.2) is 47.4 Å². The van der Waals surface area contributed by atoms with Crippen molar-refractivity contribution in [1.29, 1.82) is 0 Å². The van der Waals surface area contributed by atoms with Crippen LogP contribution >= 0.6 is 11.3 Å². The Morgan fingerprint density at radius 1 is 1.19 bits per heavy atom. The van der Waals surface area contributed by atoms with Crippen molar-refractivity contribution in [2.45, 2.75) is 51.1 Å². The molecule has 1 saturated carbocycles. The smallest absolute Gasteiger partial charge is 0.256 e. The third-order valence-electron chi connectivity index (χ3n) is 6.54. The summed E-state index contributed by atoms with van der Waals surface area (Å²) >= 11 is 1.37. The van der Waals surface area contributed by atoms with E-state index in [1.165, 1.54) is 18.3 Å². The summed E-state index contributed by atoms with van der Waals surface area (Å²) in [5.74, 6) is 1.01. The molecule has 0 saturated heterocycles. The Kier molecular flexibility index (Phi) is 6.08. The van der Waals surface area contributed by atoms with Crippen LogP contribution < -0.4 is 10.6 Å². The number of thiazole rings is 1. The Labute approximate surface area is 213 Å². The van der Waals surface area contributed by atoms with Gasteiger partial charge in [0.15, 0.2) is 15.0 Å². The van der Waals surface area contributed by atoms with Crippen LogP contribution in [0.1, 0.15) is 48.3 Å². The molecule has 1 fully saturated rings. The average molecular weight is 526 g/mol. The fourth-order valence-corrected chi connectivity index (χ4v) is 6.50. The second-order valence-corrected chi connectivity index (χ2v) is 12.4. The highest BCUT2D eigenvalue weighted by Crippen LogP contribution is 2.42. The fraction of sp³-hybridized carbons (Fsp3) is 0.360. The van der Waals surface area contributed by atoms with Gasteiger partial charge in [-0.15, -0.1) is 0 Å². The lowest BCUT2D eigenvalue weighted by Crippen LogP contribution is -2.35. The van der Waals surface area contributed by atoms with Gasteiger partial charge in [-0.05, 0) is 68.0 Å². The van der Waals surface area contributed by atoms with Crippen molar-refractivity contribution in [3.8, 4) is 10.4 Å². The summed E-state index contributed by atoms with van der Waals surface area (Å²) in [4.78, 5) is 36.2. The lowest BCUT2D eigenvalue weighted by molar-refractivity contribution is -0.114. The number of amides is 2. The van der Waals surface area contributed by atoms with Crippen molar-refractivity contribution in [1.82, 2.24) is 14.9 Å². The van der Waals surface area contributed by atoms with Crippen molar-refractivity contribution in [3.63, 3.8) is 0 Å². The summed E-state index contributed by atoms with van der Waals surface area (Å²) in [6, 6.07) is 8.82. The summed E-state index contributed by atoms with van der Waals surface area (Å²) in [5.41, 5.74) is 2.48. The standard InChI is InChI=1S/C25H27N5O4S2/c1-13-23(35-25(26-13)29-21-7-5-6-20(28-21)27-15(3)31)17-10-18-12-30(14(2)16-8-9-16)24(32)22(18)19(11-17)36(4,33)34/h5-7,10-11,14,16H,8-9,12H2,1-4H3,(H2,26,27,28,29,31). The van der Waals surface area contributed by atoms with Crippen molar-refractivity contribution in [2.75, 3.05) is 16.9 Å². The van der Waals surface area contributed by atoms with E-state index in [-0.39, 0.29) is 22.8 Å². The van der Waals surface area contributed by atoms with Crippen LogP contribution in [-0.2, 0) is 21.2 Å². The van der Waals surface area contributed by atoms with Crippen LogP contribution in [0.4, 0.5) is 16.8 Å². The minimum absolute atomic E-state index is 0.0671. The molecule has 9 nitrogen and oxygen atoms in total. The molecule has 1 atom stereocenters. The third kappa shape index (κ3) is 4.72. The van der Waals surface area contributed by atoms with E-state index in [1.807, 2.05) is 19.9 Å². The summed E-state index contributed by atoms with van der Waals surface area (Å²) in [6.45, 7) is 5.73. The first-order valence-electron chi connectivity index (χ1n) is 11.7. The number of aromatic nitrogens is 2. The maximum absolute atomic E-state index is 13.3. The summed E-state index contributed by atoms with van der Waals surface area (Å²) in [6.07, 6.45) is 3.35. The molecule has 2 aliphatic rings. The Morgan fingerprint density at radius 2 is 1.92 bits per heavy atom. The molecule has 3 aromatic rings. The predicted octanol–water partition coefficient (Wildman–Crippen LogP) is 4.37. The molecule has 2 aromatic heterocycles. The van der Waals surface area contributed by atoms with Crippen LogP contribution in [0.3, 0.4) is 0 Å². The monoisotopic (exact) mass is 525 g/mol. The van der Waals surface area contributed by atoms with Crippen molar-refractivity contribution in [3.05, 3.63) is 47.2 Å². The number of pyridine rings is 1. The molecule has 1 aliphatic heterocycles. The molecule has 1 aliphatic carbocycles. The van der Waals surface area contributed by atoms with Crippen LogP contribution in [0, 0.1) is 12.8 Å². The molecule has 0 bridgehead atoms. The zero-order chi connectivity index (χ0) is 25.8. The minimum Gasteiger partial charge on any atom is -0.331 e. The highest BCUT2D eigenvalue weighted by molar-refractivity contribution is 7.90.